The van der Waals surface area contributed by atoms with Gasteiger partial charge in [0, 0.05) is 70.0 Å². The lowest BCUT2D eigenvalue weighted by Crippen LogP contribution is -2.50. The van der Waals surface area contributed by atoms with Gasteiger partial charge >= 0.3 is 11.8 Å². The van der Waals surface area contributed by atoms with Crippen LogP contribution >= 0.6 is 11.8 Å². The Morgan fingerprint density at radius 3 is 2.33 bits per heavy atom. The Morgan fingerprint density at radius 1 is 0.961 bits per heavy atom. The molecule has 3 saturated heterocycles. The van der Waals surface area contributed by atoms with Crippen molar-refractivity contribution in [2.75, 3.05) is 50.7 Å². The number of carbonyl (C=O) groups excluding carboxylic acids is 3. The van der Waals surface area contributed by atoms with Crippen molar-refractivity contribution >= 4 is 46.5 Å². The molecule has 0 bridgehead atoms. The van der Waals surface area contributed by atoms with Crippen LogP contribution in [0.2, 0.25) is 0 Å². The Labute approximate surface area is 302 Å². The smallest absolute Gasteiger partial charge is 0.410 e. The fourth-order valence-corrected chi connectivity index (χ4v) is 8.63. The summed E-state index contributed by atoms with van der Waals surface area (Å²) in [6.07, 6.45) is 3.28. The third kappa shape index (κ3) is 8.21. The summed E-state index contributed by atoms with van der Waals surface area (Å²) in [6, 6.07) is 8.61. The van der Waals surface area contributed by atoms with E-state index in [4.69, 9.17) is 4.74 Å². The molecule has 3 fully saturated rings. The van der Waals surface area contributed by atoms with Crippen LogP contribution in [0.15, 0.2) is 41.3 Å². The number of nitrogens with one attached hydrogen (secondary N) is 1. The summed E-state index contributed by atoms with van der Waals surface area (Å²) in [7, 11) is 0. The zero-order chi connectivity index (χ0) is 36.7. The fourth-order valence-electron chi connectivity index (χ4n) is 7.13. The van der Waals surface area contributed by atoms with Gasteiger partial charge in [-0.1, -0.05) is 32.9 Å². The summed E-state index contributed by atoms with van der Waals surface area (Å²) in [4.78, 5) is 67.6. The number of aromatic amines is 1. The number of para-hydroxylation sites is 1. The van der Waals surface area contributed by atoms with Gasteiger partial charge in [0.2, 0.25) is 11.8 Å². The maximum atomic E-state index is 15.8. The maximum absolute atomic E-state index is 15.8. The lowest BCUT2D eigenvalue weighted by Gasteiger charge is -2.38. The molecule has 14 heteroatoms. The number of hydrogen-bond acceptors (Lipinski definition) is 8. The second-order valence-electron chi connectivity index (χ2n) is 15.9. The topological polar surface area (TPSA) is 124 Å². The quantitative estimate of drug-likeness (QED) is 0.337. The number of H-pyrrole nitrogens is 1. The SMILES string of the molecule is CC(C)(C)CCN1C(=O)[C@H](CC(=O)N2CCC(n3c(=O)[nH]c4ncccc43)CC2)SC1c1cccc(F)c1N1CCN(C(=O)OC(C)(C)C)CC1. The van der Waals surface area contributed by atoms with E-state index in [1.807, 2.05) is 42.7 Å². The molecular weight excluding hydrogens is 674 g/mol. The molecule has 6 rings (SSSR count). The van der Waals surface area contributed by atoms with E-state index in [1.165, 1.54) is 17.8 Å². The number of nitrogens with zero attached hydrogens (tertiary/aromatic N) is 6. The van der Waals surface area contributed by atoms with Crippen molar-refractivity contribution in [1.82, 2.24) is 29.2 Å². The molecule has 0 spiro atoms. The van der Waals surface area contributed by atoms with Crippen LogP contribution in [0.5, 0.6) is 0 Å². The summed E-state index contributed by atoms with van der Waals surface area (Å²) < 4.78 is 23.1. The van der Waals surface area contributed by atoms with E-state index in [-0.39, 0.29) is 47.3 Å². The van der Waals surface area contributed by atoms with Crippen LogP contribution in [0, 0.1) is 11.2 Å². The van der Waals surface area contributed by atoms with Gasteiger partial charge in [0.15, 0.2) is 5.65 Å². The number of aromatic nitrogens is 3. The average Bonchev–Trinajstić information content (AvgIpc) is 3.57. The Kier molecular flexibility index (Phi) is 10.4. The van der Waals surface area contributed by atoms with Crippen LogP contribution in [-0.2, 0) is 14.3 Å². The molecule has 0 aliphatic carbocycles. The minimum absolute atomic E-state index is 0.0423. The first kappa shape index (κ1) is 36.7. The van der Waals surface area contributed by atoms with Crippen molar-refractivity contribution in [2.45, 2.75) is 89.5 Å². The highest BCUT2D eigenvalue weighted by molar-refractivity contribution is 8.01. The number of pyridine rings is 1. The van der Waals surface area contributed by atoms with Crippen LogP contribution < -0.4 is 10.6 Å². The molecule has 1 N–H and O–H groups in total. The molecule has 51 heavy (non-hydrogen) atoms. The second-order valence-corrected chi connectivity index (χ2v) is 17.2. The Bertz CT molecular complexity index is 1820. The molecule has 3 aliphatic rings. The van der Waals surface area contributed by atoms with E-state index in [1.54, 1.807) is 32.7 Å². The van der Waals surface area contributed by atoms with Gasteiger partial charge in [0.25, 0.3) is 0 Å². The van der Waals surface area contributed by atoms with Crippen LogP contribution in [0.3, 0.4) is 0 Å². The molecule has 0 radical (unpaired) electrons. The van der Waals surface area contributed by atoms with Crippen LogP contribution in [0.1, 0.15) is 84.2 Å². The van der Waals surface area contributed by atoms with E-state index < -0.39 is 16.2 Å². The minimum Gasteiger partial charge on any atom is -0.444 e. The van der Waals surface area contributed by atoms with Gasteiger partial charge < -0.3 is 24.3 Å². The van der Waals surface area contributed by atoms with Gasteiger partial charge in [-0.25, -0.2) is 19.0 Å². The van der Waals surface area contributed by atoms with Gasteiger partial charge in [-0.3, -0.25) is 19.1 Å². The number of rotatable bonds is 7. The third-order valence-electron chi connectivity index (χ3n) is 9.80. The number of benzene rings is 1. The van der Waals surface area contributed by atoms with Crippen molar-refractivity contribution in [3.8, 4) is 0 Å². The number of imidazole rings is 1. The van der Waals surface area contributed by atoms with Crippen molar-refractivity contribution in [3.63, 3.8) is 0 Å². The standard InChI is InChI=1S/C37H50FN7O5S/c1-36(2,3)14-18-44-32(47)28(23-29(46)41-16-12-24(13-17-41)45-27-11-8-15-39-31(27)40-34(45)48)51-33(44)25-9-7-10-26(38)30(25)42-19-21-43(22-20-42)35(49)50-37(4,5)6/h7-11,15,24,28,33H,12-14,16-23H2,1-6H3,(H,39,40,48)/t28-,33?/m0/s1. The number of fused-ring (bicyclic) bond motifs is 1. The molecule has 3 aromatic rings. The van der Waals surface area contributed by atoms with E-state index in [0.717, 1.165) is 11.9 Å². The molecule has 2 aromatic heterocycles. The number of hydrogen-bond donors (Lipinski definition) is 1. The highest BCUT2D eigenvalue weighted by atomic mass is 32.2. The average molecular weight is 724 g/mol. The predicted octanol–water partition coefficient (Wildman–Crippen LogP) is 5.55. The highest BCUT2D eigenvalue weighted by Crippen LogP contribution is 2.48. The first-order valence-electron chi connectivity index (χ1n) is 17.9. The largest absolute Gasteiger partial charge is 0.444 e. The van der Waals surface area contributed by atoms with E-state index >= 15 is 4.39 Å². The molecule has 2 atom stereocenters. The summed E-state index contributed by atoms with van der Waals surface area (Å²) >= 11 is 1.42. The number of ether oxygens (including phenoxy) is 1. The number of likely N-dealkylation sites (tertiary alicyclic amines) is 1. The van der Waals surface area contributed by atoms with Crippen molar-refractivity contribution < 1.29 is 23.5 Å². The first-order valence-corrected chi connectivity index (χ1v) is 18.8. The predicted molar refractivity (Wildman–Crippen MR) is 196 cm³/mol. The van der Waals surface area contributed by atoms with Crippen LogP contribution in [0.25, 0.3) is 11.2 Å². The summed E-state index contributed by atoms with van der Waals surface area (Å²) in [5, 5.41) is -1.08. The normalized spacial score (nSPS) is 20.8. The molecular formula is C37H50FN7O5S. The summed E-state index contributed by atoms with van der Waals surface area (Å²) in [5.74, 6) is -0.587. The molecule has 5 heterocycles. The van der Waals surface area contributed by atoms with Gasteiger partial charge in [-0.2, -0.15) is 0 Å². The maximum Gasteiger partial charge on any atom is 0.410 e. The molecule has 1 unspecified atom stereocenters. The Balaban J connectivity index is 1.16. The van der Waals surface area contributed by atoms with Crippen molar-refractivity contribution in [1.29, 1.82) is 0 Å². The molecule has 3 aliphatic heterocycles. The number of piperazine rings is 1. The Hall–Kier alpha value is -4.07. The van der Waals surface area contributed by atoms with Crippen LogP contribution in [0.4, 0.5) is 14.9 Å². The number of thioether (sulfide) groups is 1. The van der Waals surface area contributed by atoms with E-state index in [0.29, 0.717) is 75.6 Å². The fraction of sp³-hybridized carbons (Fsp3) is 0.595. The molecule has 12 nitrogen and oxygen atoms in total. The molecule has 276 valence electrons. The number of amides is 3. The molecule has 0 saturated carbocycles. The first-order chi connectivity index (χ1) is 24.1. The number of piperidine rings is 1. The highest BCUT2D eigenvalue weighted by Gasteiger charge is 2.44. The summed E-state index contributed by atoms with van der Waals surface area (Å²) in [6.45, 7) is 14.9. The number of halogens is 1. The van der Waals surface area contributed by atoms with Gasteiger partial charge in [0.1, 0.15) is 16.8 Å². The number of carbonyl (C=O) groups is 3. The zero-order valence-corrected chi connectivity index (χ0v) is 31.3. The van der Waals surface area contributed by atoms with Gasteiger partial charge in [-0.15, -0.1) is 11.8 Å². The van der Waals surface area contributed by atoms with Crippen LogP contribution in [-0.4, -0.2) is 104 Å². The van der Waals surface area contributed by atoms with Gasteiger partial charge in [-0.05, 0) is 63.6 Å². The van der Waals surface area contributed by atoms with E-state index in [9.17, 15) is 19.2 Å². The lowest BCUT2D eigenvalue weighted by molar-refractivity contribution is -0.136. The number of anilines is 1. The third-order valence-corrected chi connectivity index (χ3v) is 11.3. The minimum atomic E-state index is -0.610. The van der Waals surface area contributed by atoms with Crippen molar-refractivity contribution in [3.05, 3.63) is 58.4 Å². The Morgan fingerprint density at radius 2 is 1.67 bits per heavy atom. The zero-order valence-electron chi connectivity index (χ0n) is 30.5. The lowest BCUT2D eigenvalue weighted by atomic mass is 9.92. The second kappa shape index (κ2) is 14.5. The monoisotopic (exact) mass is 723 g/mol. The molecule has 1 aromatic carbocycles. The molecule has 3 amide bonds. The van der Waals surface area contributed by atoms with E-state index in [2.05, 4.69) is 30.7 Å². The van der Waals surface area contributed by atoms with Crippen molar-refractivity contribution in [2.24, 2.45) is 5.41 Å². The summed E-state index contributed by atoms with van der Waals surface area (Å²) in [5.41, 5.74) is 1.58. The van der Waals surface area contributed by atoms with Gasteiger partial charge in [0.05, 0.1) is 16.5 Å².